The number of H-pyrrole nitrogens is 1. The van der Waals surface area contributed by atoms with Gasteiger partial charge in [-0.25, -0.2) is 4.98 Å². The first-order chi connectivity index (χ1) is 13.4. The zero-order valence-electron chi connectivity index (χ0n) is 15.0. The number of aromatic nitrogens is 2. The van der Waals surface area contributed by atoms with Gasteiger partial charge < -0.3 is 14.8 Å². The van der Waals surface area contributed by atoms with Gasteiger partial charge in [-0.15, -0.1) is 11.3 Å². The smallest absolute Gasteiger partial charge is 0.268 e. The van der Waals surface area contributed by atoms with Gasteiger partial charge in [0.2, 0.25) is 11.8 Å². The lowest BCUT2D eigenvalue weighted by atomic mass is 10.1. The zero-order chi connectivity index (χ0) is 19.8. The molecule has 0 bridgehead atoms. The second-order valence-corrected chi connectivity index (χ2v) is 8.56. The van der Waals surface area contributed by atoms with Crippen LogP contribution in [0, 0.1) is 5.92 Å². The van der Waals surface area contributed by atoms with Crippen molar-refractivity contribution in [3.63, 3.8) is 0 Å². The molecule has 1 aliphatic heterocycles. The largest absolute Gasteiger partial charge is 0.338 e. The molecule has 4 rings (SSSR count). The monoisotopic (exact) mass is 460 g/mol. The van der Waals surface area contributed by atoms with Crippen molar-refractivity contribution in [1.29, 1.82) is 0 Å². The Labute approximate surface area is 173 Å². The molecular formula is C19H17BrN4O3S. The van der Waals surface area contributed by atoms with E-state index in [0.29, 0.717) is 22.6 Å². The molecule has 0 saturated carbocycles. The number of aromatic amines is 1. The van der Waals surface area contributed by atoms with E-state index in [-0.39, 0.29) is 30.3 Å². The summed E-state index contributed by atoms with van der Waals surface area (Å²) in [6, 6.07) is 9.24. The first-order valence-electron chi connectivity index (χ1n) is 8.69. The number of rotatable bonds is 4. The molecule has 1 atom stereocenters. The van der Waals surface area contributed by atoms with E-state index in [1.807, 2.05) is 29.6 Å². The van der Waals surface area contributed by atoms with Gasteiger partial charge in [0, 0.05) is 30.2 Å². The van der Waals surface area contributed by atoms with Crippen LogP contribution >= 0.6 is 27.3 Å². The van der Waals surface area contributed by atoms with Crippen molar-refractivity contribution in [3.05, 3.63) is 56.4 Å². The standard InChI is InChI=1S/C19H17BrN4O3S/c1-23(10-15-21-14-5-6-28-17(14)18(26)22-15)19(27)11-7-16(25)24(9-11)13-4-2-3-12(20)8-13/h2-6,8,11H,7,9-10H2,1H3,(H,21,22,26). The van der Waals surface area contributed by atoms with Gasteiger partial charge in [0.1, 0.15) is 10.5 Å². The van der Waals surface area contributed by atoms with Gasteiger partial charge in [0.15, 0.2) is 0 Å². The number of hydrogen-bond donors (Lipinski definition) is 1. The van der Waals surface area contributed by atoms with E-state index in [2.05, 4.69) is 25.9 Å². The minimum Gasteiger partial charge on any atom is -0.338 e. The maximum atomic E-state index is 12.9. The molecule has 9 heteroatoms. The van der Waals surface area contributed by atoms with Gasteiger partial charge in [0.05, 0.1) is 18.0 Å². The summed E-state index contributed by atoms with van der Waals surface area (Å²) in [4.78, 5) is 47.7. The number of carbonyl (C=O) groups excluding carboxylic acids is 2. The normalized spacial score (nSPS) is 16.7. The number of thiophene rings is 1. The summed E-state index contributed by atoms with van der Waals surface area (Å²) in [6.45, 7) is 0.521. The van der Waals surface area contributed by atoms with E-state index < -0.39 is 5.92 Å². The molecule has 2 aromatic heterocycles. The summed E-state index contributed by atoms with van der Waals surface area (Å²) in [6.07, 6.45) is 0.170. The number of hydrogen-bond acceptors (Lipinski definition) is 5. The van der Waals surface area contributed by atoms with E-state index in [1.54, 1.807) is 18.0 Å². The number of nitrogens with zero attached hydrogens (tertiary/aromatic N) is 3. The highest BCUT2D eigenvalue weighted by atomic mass is 79.9. The van der Waals surface area contributed by atoms with Gasteiger partial charge >= 0.3 is 0 Å². The fourth-order valence-electron chi connectivity index (χ4n) is 3.38. The van der Waals surface area contributed by atoms with Crippen molar-refractivity contribution < 1.29 is 9.59 Å². The van der Waals surface area contributed by atoms with Gasteiger partial charge in [-0.3, -0.25) is 14.4 Å². The predicted octanol–water partition coefficient (Wildman–Crippen LogP) is 2.76. The summed E-state index contributed by atoms with van der Waals surface area (Å²) in [5, 5.41) is 1.81. The van der Waals surface area contributed by atoms with Crippen LogP contribution in [0.5, 0.6) is 0 Å². The van der Waals surface area contributed by atoms with E-state index in [4.69, 9.17) is 0 Å². The molecule has 3 aromatic rings. The molecule has 2 amide bonds. The van der Waals surface area contributed by atoms with Crippen LogP contribution in [0.15, 0.2) is 45.0 Å². The fraction of sp³-hybridized carbons (Fsp3) is 0.263. The average molecular weight is 461 g/mol. The van der Waals surface area contributed by atoms with Gasteiger partial charge in [-0.1, -0.05) is 22.0 Å². The van der Waals surface area contributed by atoms with Crippen LogP contribution in [0.25, 0.3) is 10.2 Å². The van der Waals surface area contributed by atoms with E-state index in [9.17, 15) is 14.4 Å². The minimum atomic E-state index is -0.423. The molecule has 1 saturated heterocycles. The molecule has 1 unspecified atom stereocenters. The molecule has 1 aromatic carbocycles. The molecule has 28 heavy (non-hydrogen) atoms. The fourth-order valence-corrected chi connectivity index (χ4v) is 4.49. The number of nitrogens with one attached hydrogen (secondary N) is 1. The molecule has 144 valence electrons. The lowest BCUT2D eigenvalue weighted by Crippen LogP contribution is -2.35. The van der Waals surface area contributed by atoms with Crippen molar-refractivity contribution in [3.8, 4) is 0 Å². The third kappa shape index (κ3) is 3.59. The average Bonchev–Trinajstić information content (AvgIpc) is 3.28. The Morgan fingerprint density at radius 2 is 2.21 bits per heavy atom. The maximum absolute atomic E-state index is 12.9. The molecule has 3 heterocycles. The Kier molecular flexibility index (Phi) is 5.03. The van der Waals surface area contributed by atoms with Crippen LogP contribution in [0.1, 0.15) is 12.2 Å². The van der Waals surface area contributed by atoms with E-state index in [0.717, 1.165) is 10.2 Å². The maximum Gasteiger partial charge on any atom is 0.268 e. The third-order valence-electron chi connectivity index (χ3n) is 4.72. The van der Waals surface area contributed by atoms with Gasteiger partial charge in [-0.05, 0) is 29.6 Å². The topological polar surface area (TPSA) is 86.4 Å². The highest BCUT2D eigenvalue weighted by molar-refractivity contribution is 9.10. The van der Waals surface area contributed by atoms with E-state index in [1.165, 1.54) is 16.2 Å². The minimum absolute atomic E-state index is 0.0731. The highest BCUT2D eigenvalue weighted by Crippen LogP contribution is 2.28. The van der Waals surface area contributed by atoms with Crippen molar-refractivity contribution in [2.45, 2.75) is 13.0 Å². The Morgan fingerprint density at radius 1 is 1.39 bits per heavy atom. The van der Waals surface area contributed by atoms with Crippen LogP contribution in [-0.2, 0) is 16.1 Å². The van der Waals surface area contributed by atoms with Crippen LogP contribution in [-0.4, -0.2) is 40.3 Å². The van der Waals surface area contributed by atoms with Crippen LogP contribution in [0.3, 0.4) is 0 Å². The Balaban J connectivity index is 1.47. The van der Waals surface area contributed by atoms with Crippen molar-refractivity contribution in [2.75, 3.05) is 18.5 Å². The summed E-state index contributed by atoms with van der Waals surface area (Å²) >= 11 is 4.74. The van der Waals surface area contributed by atoms with Crippen LogP contribution in [0.4, 0.5) is 5.69 Å². The first-order valence-corrected chi connectivity index (χ1v) is 10.4. The van der Waals surface area contributed by atoms with Gasteiger partial charge in [-0.2, -0.15) is 0 Å². The predicted molar refractivity (Wildman–Crippen MR) is 111 cm³/mol. The molecule has 1 fully saturated rings. The molecule has 1 N–H and O–H groups in total. The first kappa shape index (κ1) is 18.8. The lowest BCUT2D eigenvalue weighted by Gasteiger charge is -2.21. The Morgan fingerprint density at radius 3 is 3.00 bits per heavy atom. The molecule has 7 nitrogen and oxygen atoms in total. The Hall–Kier alpha value is -2.52. The van der Waals surface area contributed by atoms with Gasteiger partial charge in [0.25, 0.3) is 5.56 Å². The van der Waals surface area contributed by atoms with Crippen molar-refractivity contribution in [1.82, 2.24) is 14.9 Å². The van der Waals surface area contributed by atoms with Crippen LogP contribution in [0.2, 0.25) is 0 Å². The quantitative estimate of drug-likeness (QED) is 0.648. The number of fused-ring (bicyclic) bond motifs is 1. The lowest BCUT2D eigenvalue weighted by molar-refractivity contribution is -0.135. The summed E-state index contributed by atoms with van der Waals surface area (Å²) < 4.78 is 1.45. The molecule has 0 radical (unpaired) electrons. The van der Waals surface area contributed by atoms with Crippen LogP contribution < -0.4 is 10.5 Å². The number of halogens is 1. The molecule has 0 aliphatic carbocycles. The van der Waals surface area contributed by atoms with E-state index >= 15 is 0 Å². The SMILES string of the molecule is CN(Cc1nc2ccsc2c(=O)[nH]1)C(=O)C1CC(=O)N(c2cccc(Br)c2)C1. The molecule has 0 spiro atoms. The summed E-state index contributed by atoms with van der Waals surface area (Å²) in [5.41, 5.74) is 1.19. The highest BCUT2D eigenvalue weighted by Gasteiger charge is 2.36. The summed E-state index contributed by atoms with van der Waals surface area (Å²) in [5.74, 6) is -0.206. The Bertz CT molecular complexity index is 1130. The van der Waals surface area contributed by atoms with Crippen molar-refractivity contribution >= 4 is 55.0 Å². The second kappa shape index (κ2) is 7.48. The van der Waals surface area contributed by atoms with Crippen molar-refractivity contribution in [2.24, 2.45) is 5.92 Å². The molecular weight excluding hydrogens is 444 g/mol. The third-order valence-corrected chi connectivity index (χ3v) is 6.12. The number of carbonyl (C=O) groups is 2. The number of anilines is 1. The summed E-state index contributed by atoms with van der Waals surface area (Å²) in [7, 11) is 1.66. The molecule has 1 aliphatic rings. The second-order valence-electron chi connectivity index (χ2n) is 6.73. The number of amides is 2. The zero-order valence-corrected chi connectivity index (χ0v) is 17.4. The number of benzene rings is 1.